The maximum Gasteiger partial charge on any atom is 0.352 e. The molecule has 6 heteroatoms. The average Bonchev–Trinajstić information content (AvgIpc) is 1.98. The molecule has 0 heterocycles. The van der Waals surface area contributed by atoms with Crippen LogP contribution in [0.4, 0.5) is 0 Å². The first-order valence-corrected chi connectivity index (χ1v) is 4.74. The van der Waals surface area contributed by atoms with Crippen molar-refractivity contribution in [3.63, 3.8) is 0 Å². The molecule has 0 spiro atoms. The summed E-state index contributed by atoms with van der Waals surface area (Å²) < 4.78 is 14.9. The van der Waals surface area contributed by atoms with E-state index in [1.807, 2.05) is 0 Å². The van der Waals surface area contributed by atoms with Crippen LogP contribution in [0.3, 0.4) is 0 Å². The molecular weight excluding hydrogens is 183 g/mol. The number of carbonyl (C=O) groups is 1. The highest BCUT2D eigenvalue weighted by atomic mass is 31.2. The lowest BCUT2D eigenvalue weighted by Gasteiger charge is -2.06. The zero-order valence-corrected chi connectivity index (χ0v) is 7.96. The van der Waals surface area contributed by atoms with Gasteiger partial charge in [0.15, 0.2) is 0 Å². The Kier molecular flexibility index (Phi) is 3.64. The number of ether oxygens (including phenoxy) is 1. The van der Waals surface area contributed by atoms with Crippen molar-refractivity contribution < 1.29 is 23.9 Å². The van der Waals surface area contributed by atoms with Gasteiger partial charge in [0, 0.05) is 10.9 Å². The van der Waals surface area contributed by atoms with Crippen LogP contribution >= 0.6 is 7.60 Å². The Morgan fingerprint density at radius 2 is 1.75 bits per heavy atom. The standard InChI is InChI=1S/C6H11O5P/c1-4(6(7)11-3)5(2)12(8,9)10/h1-3H3,(H2,8,9,10). The fourth-order valence-corrected chi connectivity index (χ4v) is 1.05. The van der Waals surface area contributed by atoms with Crippen molar-refractivity contribution in [1.29, 1.82) is 0 Å². The molecule has 70 valence electrons. The van der Waals surface area contributed by atoms with Crippen LogP contribution in [0.2, 0.25) is 0 Å². The van der Waals surface area contributed by atoms with Crippen LogP contribution in [0.5, 0.6) is 0 Å². The van der Waals surface area contributed by atoms with Gasteiger partial charge < -0.3 is 14.5 Å². The quantitative estimate of drug-likeness (QED) is 0.382. The third-order valence-electron chi connectivity index (χ3n) is 1.47. The number of rotatable bonds is 2. The summed E-state index contributed by atoms with van der Waals surface area (Å²) >= 11 is 0. The minimum Gasteiger partial charge on any atom is -0.466 e. The summed E-state index contributed by atoms with van der Waals surface area (Å²) in [6, 6.07) is 0. The van der Waals surface area contributed by atoms with Gasteiger partial charge >= 0.3 is 13.6 Å². The predicted octanol–water partition coefficient (Wildman–Crippen LogP) is 0.631. The number of hydrogen-bond acceptors (Lipinski definition) is 3. The second-order valence-electron chi connectivity index (χ2n) is 2.25. The fraction of sp³-hybridized carbons (Fsp3) is 0.500. The molecular formula is C6H11O5P. The molecule has 2 N–H and O–H groups in total. The topological polar surface area (TPSA) is 83.8 Å². The Morgan fingerprint density at radius 1 is 1.33 bits per heavy atom. The minimum absolute atomic E-state index is 0.0502. The van der Waals surface area contributed by atoms with Gasteiger partial charge in [-0.3, -0.25) is 4.57 Å². The molecule has 0 aliphatic heterocycles. The molecule has 0 saturated heterocycles. The van der Waals surface area contributed by atoms with Gasteiger partial charge in [-0.1, -0.05) is 0 Å². The van der Waals surface area contributed by atoms with E-state index in [4.69, 9.17) is 9.79 Å². The highest BCUT2D eigenvalue weighted by Crippen LogP contribution is 2.46. The molecule has 0 radical (unpaired) electrons. The molecule has 0 aromatic heterocycles. The van der Waals surface area contributed by atoms with E-state index in [9.17, 15) is 9.36 Å². The van der Waals surface area contributed by atoms with Crippen molar-refractivity contribution in [1.82, 2.24) is 0 Å². The average molecular weight is 194 g/mol. The molecule has 0 unspecified atom stereocenters. The van der Waals surface area contributed by atoms with Gasteiger partial charge in [0.25, 0.3) is 0 Å². The number of esters is 1. The van der Waals surface area contributed by atoms with Crippen LogP contribution in [-0.2, 0) is 14.1 Å². The highest BCUT2D eigenvalue weighted by Gasteiger charge is 2.21. The van der Waals surface area contributed by atoms with Crippen LogP contribution in [0.25, 0.3) is 0 Å². The van der Waals surface area contributed by atoms with E-state index in [2.05, 4.69) is 4.74 Å². The minimum atomic E-state index is -4.30. The maximum atomic E-state index is 10.8. The van der Waals surface area contributed by atoms with Crippen molar-refractivity contribution in [3.8, 4) is 0 Å². The number of hydrogen-bond donors (Lipinski definition) is 2. The summed E-state index contributed by atoms with van der Waals surface area (Å²) in [6.45, 7) is 2.51. The smallest absolute Gasteiger partial charge is 0.352 e. The van der Waals surface area contributed by atoms with Crippen molar-refractivity contribution in [2.45, 2.75) is 13.8 Å². The molecule has 5 nitrogen and oxygen atoms in total. The van der Waals surface area contributed by atoms with Crippen molar-refractivity contribution >= 4 is 13.6 Å². The molecule has 0 aliphatic carbocycles. The zero-order chi connectivity index (χ0) is 9.94. The largest absolute Gasteiger partial charge is 0.466 e. The van der Waals surface area contributed by atoms with Crippen LogP contribution in [-0.4, -0.2) is 22.9 Å². The van der Waals surface area contributed by atoms with Crippen LogP contribution in [0.15, 0.2) is 10.9 Å². The van der Waals surface area contributed by atoms with E-state index in [0.717, 1.165) is 7.11 Å². The Hall–Kier alpha value is -0.640. The molecule has 0 amide bonds. The molecule has 12 heavy (non-hydrogen) atoms. The lowest BCUT2D eigenvalue weighted by atomic mass is 10.3. The zero-order valence-electron chi connectivity index (χ0n) is 7.07. The molecule has 0 fully saturated rings. The third-order valence-corrected chi connectivity index (χ3v) is 2.68. The van der Waals surface area contributed by atoms with Gasteiger partial charge in [-0.25, -0.2) is 4.79 Å². The van der Waals surface area contributed by atoms with E-state index in [1.165, 1.54) is 13.8 Å². The van der Waals surface area contributed by atoms with Crippen molar-refractivity contribution in [2.24, 2.45) is 0 Å². The molecule has 0 bridgehead atoms. The number of allylic oxidation sites excluding steroid dienone is 1. The highest BCUT2D eigenvalue weighted by molar-refractivity contribution is 7.56. The van der Waals surface area contributed by atoms with E-state index in [0.29, 0.717) is 0 Å². The Bertz CT molecular complexity index is 261. The van der Waals surface area contributed by atoms with Crippen molar-refractivity contribution in [2.75, 3.05) is 7.11 Å². The first kappa shape index (κ1) is 11.4. The normalized spacial score (nSPS) is 13.8. The summed E-state index contributed by atoms with van der Waals surface area (Å²) in [5.41, 5.74) is -0.0502. The Labute approximate surface area is 70.2 Å². The monoisotopic (exact) mass is 194 g/mol. The van der Waals surface area contributed by atoms with E-state index >= 15 is 0 Å². The predicted molar refractivity (Wildman–Crippen MR) is 42.4 cm³/mol. The van der Waals surface area contributed by atoms with E-state index in [-0.39, 0.29) is 10.9 Å². The lowest BCUT2D eigenvalue weighted by Crippen LogP contribution is -2.04. The second kappa shape index (κ2) is 3.85. The van der Waals surface area contributed by atoms with E-state index < -0.39 is 13.6 Å². The number of methoxy groups -OCH3 is 1. The molecule has 0 aromatic carbocycles. The maximum absolute atomic E-state index is 10.8. The molecule has 0 rings (SSSR count). The molecule has 0 aromatic rings. The SMILES string of the molecule is COC(=O)C(C)=C(C)P(=O)(O)O. The van der Waals surface area contributed by atoms with Gasteiger partial charge in [0.1, 0.15) is 0 Å². The van der Waals surface area contributed by atoms with Crippen LogP contribution in [0.1, 0.15) is 13.8 Å². The summed E-state index contributed by atoms with van der Waals surface area (Å²) in [4.78, 5) is 28.1. The Balaban J connectivity index is 4.95. The first-order valence-electron chi connectivity index (χ1n) is 3.12. The van der Waals surface area contributed by atoms with Gasteiger partial charge in [0.05, 0.1) is 7.11 Å². The summed E-state index contributed by atoms with van der Waals surface area (Å²) in [5, 5.41) is -0.255. The number of carbonyl (C=O) groups excluding carboxylic acids is 1. The van der Waals surface area contributed by atoms with Crippen LogP contribution < -0.4 is 0 Å². The van der Waals surface area contributed by atoms with Crippen LogP contribution in [0, 0.1) is 0 Å². The Morgan fingerprint density at radius 3 is 2.00 bits per heavy atom. The third kappa shape index (κ3) is 2.77. The summed E-state index contributed by atoms with van der Waals surface area (Å²) in [6.07, 6.45) is 0. The van der Waals surface area contributed by atoms with Gasteiger partial charge in [-0.05, 0) is 13.8 Å². The van der Waals surface area contributed by atoms with Crippen molar-refractivity contribution in [3.05, 3.63) is 10.9 Å². The molecule has 0 atom stereocenters. The first-order chi connectivity index (χ1) is 5.30. The van der Waals surface area contributed by atoms with E-state index in [1.54, 1.807) is 0 Å². The summed E-state index contributed by atoms with van der Waals surface area (Å²) in [7, 11) is -3.15. The van der Waals surface area contributed by atoms with Gasteiger partial charge in [-0.2, -0.15) is 0 Å². The van der Waals surface area contributed by atoms with Gasteiger partial charge in [0.2, 0.25) is 0 Å². The second-order valence-corrected chi connectivity index (χ2v) is 4.00. The molecule has 0 aliphatic rings. The lowest BCUT2D eigenvalue weighted by molar-refractivity contribution is -0.136. The summed E-state index contributed by atoms with van der Waals surface area (Å²) in [5.74, 6) is -0.726. The molecule has 0 saturated carbocycles. The van der Waals surface area contributed by atoms with Gasteiger partial charge in [-0.15, -0.1) is 0 Å². The fourth-order valence-electron chi connectivity index (χ4n) is 0.519.